The van der Waals surface area contributed by atoms with E-state index in [2.05, 4.69) is 0 Å². The third-order valence-electron chi connectivity index (χ3n) is 2.19. The molecule has 0 saturated carbocycles. The van der Waals surface area contributed by atoms with Crippen LogP contribution in [-0.4, -0.2) is 38.4 Å². The van der Waals surface area contributed by atoms with Gasteiger partial charge in [0.25, 0.3) is 0 Å². The number of hydrogen-bond donors (Lipinski definition) is 2. The van der Waals surface area contributed by atoms with Gasteiger partial charge in [0, 0.05) is 0 Å². The van der Waals surface area contributed by atoms with Crippen molar-refractivity contribution < 1.29 is 39.5 Å². The summed E-state index contributed by atoms with van der Waals surface area (Å²) in [4.78, 5) is 0.750. The van der Waals surface area contributed by atoms with Crippen molar-refractivity contribution in [3.63, 3.8) is 0 Å². The molecule has 0 aromatic rings. The highest BCUT2D eigenvalue weighted by molar-refractivity contribution is 6.71. The van der Waals surface area contributed by atoms with Gasteiger partial charge in [-0.1, -0.05) is 0 Å². The van der Waals surface area contributed by atoms with E-state index >= 15 is 0 Å². The third-order valence-corrected chi connectivity index (χ3v) is 3.14. The number of halogens is 9. The van der Waals surface area contributed by atoms with Crippen LogP contribution in [-0.2, 0) is 0 Å². The Morgan fingerprint density at radius 1 is 0.900 bits per heavy atom. The van der Waals surface area contributed by atoms with E-state index in [-0.39, 0.29) is 6.92 Å². The average molecular weight is 336 g/mol. The maximum absolute atomic E-state index is 13.1. The lowest BCUT2D eigenvalue weighted by Gasteiger charge is -2.39. The van der Waals surface area contributed by atoms with Gasteiger partial charge in [-0.25, -0.2) is 4.39 Å². The molecule has 3 N–H and O–H groups in total. The van der Waals surface area contributed by atoms with Gasteiger partial charge in [-0.15, -0.1) is 0 Å². The molecule has 0 aromatic carbocycles. The predicted molar refractivity (Wildman–Crippen MR) is 55.2 cm³/mol. The van der Waals surface area contributed by atoms with Crippen LogP contribution in [0.25, 0.3) is 0 Å². The second kappa shape index (κ2) is 5.05. The Labute approximate surface area is 109 Å². The summed E-state index contributed by atoms with van der Waals surface area (Å²) < 4.78 is 117. The van der Waals surface area contributed by atoms with Crippen molar-refractivity contribution in [3.8, 4) is 0 Å². The quantitative estimate of drug-likeness (QED) is 0.444. The Morgan fingerprint density at radius 3 is 1.50 bits per heavy atom. The van der Waals surface area contributed by atoms with E-state index < -0.39 is 38.4 Å². The van der Waals surface area contributed by atoms with E-state index in [1.54, 1.807) is 0 Å². The van der Waals surface area contributed by atoms with Gasteiger partial charge in [-0.2, -0.15) is 35.1 Å². The van der Waals surface area contributed by atoms with Crippen molar-refractivity contribution in [2.24, 2.45) is 5.40 Å². The fourth-order valence-electron chi connectivity index (χ4n) is 1.14. The summed E-state index contributed by atoms with van der Waals surface area (Å²) in [5.41, 5.74) is 0. The van der Waals surface area contributed by atoms with Gasteiger partial charge >= 0.3 is 23.8 Å². The summed E-state index contributed by atoms with van der Waals surface area (Å²) in [5.74, 6) is -19.2. The van der Waals surface area contributed by atoms with Crippen LogP contribution in [0.4, 0.5) is 39.5 Å². The van der Waals surface area contributed by atoms with Crippen molar-refractivity contribution >= 4 is 8.40 Å². The van der Waals surface area contributed by atoms with Crippen LogP contribution < -0.4 is 10.4 Å². The minimum absolute atomic E-state index is 0.142. The molecule has 0 bridgehead atoms. The van der Waals surface area contributed by atoms with E-state index in [1.807, 2.05) is 0 Å². The topological polar surface area (TPSA) is 38.0 Å². The van der Waals surface area contributed by atoms with Crippen LogP contribution >= 0.6 is 0 Å². The van der Waals surface area contributed by atoms with E-state index in [1.165, 1.54) is 0 Å². The second-order valence-electron chi connectivity index (χ2n) is 4.81. The Morgan fingerprint density at radius 2 is 1.25 bits per heavy atom. The standard InChI is InChI=1S/C8H13F9N2Si/c1-4(9)5(10,11)6(12,13)7(14,15)8(16,17)19-20(2,3)18/h4,19H,18H2,1-3H3. The van der Waals surface area contributed by atoms with Crippen LogP contribution in [0.5, 0.6) is 0 Å². The smallest absolute Gasteiger partial charge is 0.339 e. The van der Waals surface area contributed by atoms with Crippen LogP contribution in [0.1, 0.15) is 6.92 Å². The van der Waals surface area contributed by atoms with E-state index in [0.29, 0.717) is 0 Å². The molecule has 0 amide bonds. The lowest BCUT2D eigenvalue weighted by Crippen LogP contribution is -2.73. The summed E-state index contributed by atoms with van der Waals surface area (Å²) >= 11 is 0. The molecule has 20 heavy (non-hydrogen) atoms. The summed E-state index contributed by atoms with van der Waals surface area (Å²) in [6.45, 7) is 1.56. The molecule has 0 aliphatic carbocycles. The van der Waals surface area contributed by atoms with E-state index in [4.69, 9.17) is 5.40 Å². The third kappa shape index (κ3) is 3.22. The Kier molecular flexibility index (Phi) is 4.93. The lowest BCUT2D eigenvalue weighted by atomic mass is 10.00. The molecule has 0 rings (SSSR count). The van der Waals surface area contributed by atoms with Gasteiger partial charge in [0.1, 0.15) is 0 Å². The molecular formula is C8H13F9N2Si. The van der Waals surface area contributed by atoms with Crippen LogP contribution in [0.15, 0.2) is 0 Å². The van der Waals surface area contributed by atoms with Gasteiger partial charge < -0.3 is 5.40 Å². The summed E-state index contributed by atoms with van der Waals surface area (Å²) in [5, 5.41) is 5.04. The van der Waals surface area contributed by atoms with E-state index in [0.717, 1.165) is 18.1 Å². The fraction of sp³-hybridized carbons (Fsp3) is 1.00. The largest absolute Gasteiger partial charge is 0.391 e. The molecular weight excluding hydrogens is 323 g/mol. The highest BCUT2D eigenvalue weighted by Crippen LogP contribution is 2.53. The monoisotopic (exact) mass is 336 g/mol. The maximum Gasteiger partial charge on any atom is 0.391 e. The van der Waals surface area contributed by atoms with E-state index in [9.17, 15) is 39.5 Å². The van der Waals surface area contributed by atoms with Gasteiger partial charge in [-0.3, -0.25) is 4.98 Å². The van der Waals surface area contributed by atoms with Gasteiger partial charge in [0.15, 0.2) is 14.6 Å². The molecule has 0 saturated heterocycles. The highest BCUT2D eigenvalue weighted by Gasteiger charge is 2.82. The predicted octanol–water partition coefficient (Wildman–Crippen LogP) is 3.09. The second-order valence-corrected chi connectivity index (χ2v) is 8.50. The Balaban J connectivity index is 5.72. The first-order valence-corrected chi connectivity index (χ1v) is 8.21. The van der Waals surface area contributed by atoms with Crippen molar-refractivity contribution in [1.29, 1.82) is 0 Å². The molecule has 0 heterocycles. The maximum atomic E-state index is 13.1. The minimum Gasteiger partial charge on any atom is -0.339 e. The molecule has 0 radical (unpaired) electrons. The molecule has 0 fully saturated rings. The molecule has 0 spiro atoms. The van der Waals surface area contributed by atoms with Crippen molar-refractivity contribution in [3.05, 3.63) is 0 Å². The first-order valence-electron chi connectivity index (χ1n) is 5.13. The fourth-order valence-corrected chi connectivity index (χ4v) is 2.11. The molecule has 12 heteroatoms. The Hall–Kier alpha value is -0.493. The molecule has 0 aliphatic heterocycles. The van der Waals surface area contributed by atoms with Crippen molar-refractivity contribution in [2.75, 3.05) is 0 Å². The number of nitrogens with one attached hydrogen (secondary N) is 1. The zero-order valence-electron chi connectivity index (χ0n) is 10.6. The summed E-state index contributed by atoms with van der Waals surface area (Å²) in [6.07, 6.45) is -3.76. The highest BCUT2D eigenvalue weighted by atomic mass is 28.3. The van der Waals surface area contributed by atoms with Crippen LogP contribution in [0.3, 0.4) is 0 Å². The zero-order chi connectivity index (χ0) is 16.8. The van der Waals surface area contributed by atoms with Crippen LogP contribution in [0, 0.1) is 0 Å². The average Bonchev–Trinajstić information content (AvgIpc) is 2.12. The van der Waals surface area contributed by atoms with Crippen LogP contribution in [0.2, 0.25) is 13.1 Å². The first kappa shape index (κ1) is 19.5. The van der Waals surface area contributed by atoms with Gasteiger partial charge in [-0.05, 0) is 20.0 Å². The number of alkyl halides is 9. The molecule has 1 atom stereocenters. The summed E-state index contributed by atoms with van der Waals surface area (Å²) in [6, 6.07) is -5.74. The van der Waals surface area contributed by atoms with Gasteiger partial charge in [0.05, 0.1) is 0 Å². The minimum atomic E-state index is -6.62. The summed E-state index contributed by atoms with van der Waals surface area (Å²) in [7, 11) is -3.72. The van der Waals surface area contributed by atoms with Gasteiger partial charge in [0.2, 0.25) is 0 Å². The van der Waals surface area contributed by atoms with Crippen molar-refractivity contribution in [2.45, 2.75) is 50.0 Å². The Bertz CT molecular complexity index is 350. The molecule has 1 unspecified atom stereocenters. The zero-order valence-corrected chi connectivity index (χ0v) is 11.6. The first-order chi connectivity index (χ1) is 8.40. The number of rotatable bonds is 6. The number of nitrogens with two attached hydrogens (primary N) is 1. The molecule has 0 aromatic heterocycles. The number of hydrogen-bond acceptors (Lipinski definition) is 2. The SMILES string of the molecule is CC(F)C(F)(F)C(F)(F)C(F)(F)C(F)(F)N[Si](C)(C)N. The molecule has 122 valence electrons. The normalized spacial score (nSPS) is 17.2. The lowest BCUT2D eigenvalue weighted by molar-refractivity contribution is -0.377. The molecule has 2 nitrogen and oxygen atoms in total. The molecule has 0 aliphatic rings. The van der Waals surface area contributed by atoms with Crippen molar-refractivity contribution in [1.82, 2.24) is 4.98 Å².